The molecule has 0 aliphatic heterocycles. The van der Waals surface area contributed by atoms with Crippen molar-refractivity contribution in [3.63, 3.8) is 0 Å². The van der Waals surface area contributed by atoms with Crippen LogP contribution in [0, 0.1) is 0 Å². The van der Waals surface area contributed by atoms with Crippen molar-refractivity contribution in [2.75, 3.05) is 13.7 Å². The van der Waals surface area contributed by atoms with Crippen LogP contribution in [0.2, 0.25) is 0 Å². The van der Waals surface area contributed by atoms with Gasteiger partial charge in [-0.1, -0.05) is 6.92 Å². The van der Waals surface area contributed by atoms with E-state index >= 15 is 0 Å². The Bertz CT molecular complexity index is 543. The number of nitrogens with zero attached hydrogens (tertiary/aromatic N) is 1. The Kier molecular flexibility index (Phi) is 3.62. The van der Waals surface area contributed by atoms with Gasteiger partial charge >= 0.3 is 0 Å². The highest BCUT2D eigenvalue weighted by Crippen LogP contribution is 2.31. The van der Waals surface area contributed by atoms with Gasteiger partial charge < -0.3 is 15.0 Å². The minimum Gasteiger partial charge on any atom is -0.497 e. The highest BCUT2D eigenvalue weighted by atomic mass is 16.5. The zero-order chi connectivity index (χ0) is 13.3. The SMILES string of the molecule is COc1ccc2c(C(C)CN)cn(C(C)C)c2c1. The summed E-state index contributed by atoms with van der Waals surface area (Å²) in [7, 11) is 1.70. The topological polar surface area (TPSA) is 40.2 Å². The Balaban J connectivity index is 2.67. The maximum absolute atomic E-state index is 5.80. The van der Waals surface area contributed by atoms with Gasteiger partial charge in [0.05, 0.1) is 12.6 Å². The highest BCUT2D eigenvalue weighted by molar-refractivity contribution is 5.86. The zero-order valence-corrected chi connectivity index (χ0v) is 11.6. The highest BCUT2D eigenvalue weighted by Gasteiger charge is 2.15. The summed E-state index contributed by atoms with van der Waals surface area (Å²) < 4.78 is 7.61. The van der Waals surface area contributed by atoms with Crippen molar-refractivity contribution in [2.24, 2.45) is 5.73 Å². The molecule has 18 heavy (non-hydrogen) atoms. The normalized spacial score (nSPS) is 13.2. The van der Waals surface area contributed by atoms with Gasteiger partial charge in [0.25, 0.3) is 0 Å². The fourth-order valence-electron chi connectivity index (χ4n) is 2.33. The number of rotatable bonds is 4. The molecule has 3 heteroatoms. The molecule has 3 nitrogen and oxygen atoms in total. The minimum absolute atomic E-state index is 0.376. The smallest absolute Gasteiger partial charge is 0.120 e. The molecule has 0 saturated carbocycles. The van der Waals surface area contributed by atoms with E-state index in [1.807, 2.05) is 6.07 Å². The van der Waals surface area contributed by atoms with Gasteiger partial charge in [0, 0.05) is 23.7 Å². The molecule has 1 unspecified atom stereocenters. The van der Waals surface area contributed by atoms with E-state index in [1.54, 1.807) is 7.11 Å². The molecule has 1 heterocycles. The van der Waals surface area contributed by atoms with Crippen LogP contribution >= 0.6 is 0 Å². The average Bonchev–Trinajstić information content (AvgIpc) is 2.76. The van der Waals surface area contributed by atoms with Crippen molar-refractivity contribution in [3.8, 4) is 5.75 Å². The number of hydrogen-bond donors (Lipinski definition) is 1. The third-order valence-corrected chi connectivity index (χ3v) is 3.51. The van der Waals surface area contributed by atoms with Gasteiger partial charge in [0.1, 0.15) is 5.75 Å². The summed E-state index contributed by atoms with van der Waals surface area (Å²) in [6.07, 6.45) is 2.23. The Morgan fingerprint density at radius 3 is 2.56 bits per heavy atom. The molecule has 1 aromatic heterocycles. The summed E-state index contributed by atoms with van der Waals surface area (Å²) in [6, 6.07) is 6.68. The van der Waals surface area contributed by atoms with Crippen molar-refractivity contribution in [2.45, 2.75) is 32.7 Å². The molecule has 1 atom stereocenters. The van der Waals surface area contributed by atoms with Crippen LogP contribution in [0.15, 0.2) is 24.4 Å². The Morgan fingerprint density at radius 1 is 1.28 bits per heavy atom. The molecule has 0 amide bonds. The van der Waals surface area contributed by atoms with Gasteiger partial charge in [-0.3, -0.25) is 0 Å². The van der Waals surface area contributed by atoms with E-state index in [1.165, 1.54) is 16.5 Å². The fraction of sp³-hybridized carbons (Fsp3) is 0.467. The van der Waals surface area contributed by atoms with Crippen molar-refractivity contribution >= 4 is 10.9 Å². The molecule has 0 aliphatic carbocycles. The molecule has 0 fully saturated rings. The summed E-state index contributed by atoms with van der Waals surface area (Å²) in [6.45, 7) is 7.22. The lowest BCUT2D eigenvalue weighted by atomic mass is 10.0. The predicted molar refractivity (Wildman–Crippen MR) is 76.3 cm³/mol. The summed E-state index contributed by atoms with van der Waals surface area (Å²) >= 11 is 0. The summed E-state index contributed by atoms with van der Waals surface area (Å²) in [5, 5.41) is 1.28. The minimum atomic E-state index is 0.376. The number of fused-ring (bicyclic) bond motifs is 1. The number of aromatic nitrogens is 1. The van der Waals surface area contributed by atoms with Crippen LogP contribution < -0.4 is 10.5 Å². The van der Waals surface area contributed by atoms with E-state index in [-0.39, 0.29) is 0 Å². The molecule has 0 spiro atoms. The Hall–Kier alpha value is -1.48. The Labute approximate surface area is 109 Å². The van der Waals surface area contributed by atoms with E-state index in [0.717, 1.165) is 5.75 Å². The first kappa shape index (κ1) is 13.0. The lowest BCUT2D eigenvalue weighted by molar-refractivity contribution is 0.415. The zero-order valence-electron chi connectivity index (χ0n) is 11.6. The van der Waals surface area contributed by atoms with Gasteiger partial charge in [-0.2, -0.15) is 0 Å². The third-order valence-electron chi connectivity index (χ3n) is 3.51. The van der Waals surface area contributed by atoms with Gasteiger partial charge in [-0.15, -0.1) is 0 Å². The van der Waals surface area contributed by atoms with E-state index in [0.29, 0.717) is 18.5 Å². The van der Waals surface area contributed by atoms with Gasteiger partial charge in [0.2, 0.25) is 0 Å². The second-order valence-electron chi connectivity index (χ2n) is 5.11. The monoisotopic (exact) mass is 246 g/mol. The summed E-state index contributed by atoms with van der Waals surface area (Å²) in [5.41, 5.74) is 8.35. The average molecular weight is 246 g/mol. The number of methoxy groups -OCH3 is 1. The molecule has 0 radical (unpaired) electrons. The van der Waals surface area contributed by atoms with Crippen LogP contribution in [0.25, 0.3) is 10.9 Å². The van der Waals surface area contributed by atoms with Crippen LogP contribution in [0.5, 0.6) is 5.75 Å². The molecule has 0 saturated heterocycles. The van der Waals surface area contributed by atoms with E-state index in [9.17, 15) is 0 Å². The molecule has 2 aromatic rings. The molecule has 0 bridgehead atoms. The van der Waals surface area contributed by atoms with Crippen LogP contribution in [0.1, 0.15) is 38.3 Å². The first-order valence-corrected chi connectivity index (χ1v) is 6.47. The second kappa shape index (κ2) is 5.02. The predicted octanol–water partition coefficient (Wildman–Crippen LogP) is 3.29. The molecule has 0 aliphatic rings. The molecule has 98 valence electrons. The first-order chi connectivity index (χ1) is 8.58. The second-order valence-corrected chi connectivity index (χ2v) is 5.11. The fourth-order valence-corrected chi connectivity index (χ4v) is 2.33. The van der Waals surface area contributed by atoms with E-state index < -0.39 is 0 Å². The quantitative estimate of drug-likeness (QED) is 0.899. The number of nitrogens with two attached hydrogens (primary N) is 1. The van der Waals surface area contributed by atoms with Crippen LogP contribution in [-0.4, -0.2) is 18.2 Å². The Morgan fingerprint density at radius 2 is 2.00 bits per heavy atom. The maximum atomic E-state index is 5.80. The van der Waals surface area contributed by atoms with Gasteiger partial charge in [-0.05, 0) is 44.0 Å². The standard InChI is InChI=1S/C15H22N2O/c1-10(2)17-9-14(11(3)8-16)13-6-5-12(18-4)7-15(13)17/h5-7,9-11H,8,16H2,1-4H3. The van der Waals surface area contributed by atoms with Crippen molar-refractivity contribution in [3.05, 3.63) is 30.0 Å². The van der Waals surface area contributed by atoms with Crippen LogP contribution in [0.3, 0.4) is 0 Å². The maximum Gasteiger partial charge on any atom is 0.120 e. The van der Waals surface area contributed by atoms with Gasteiger partial charge in [-0.25, -0.2) is 0 Å². The largest absolute Gasteiger partial charge is 0.497 e. The van der Waals surface area contributed by atoms with E-state index in [2.05, 4.69) is 43.7 Å². The third kappa shape index (κ3) is 2.10. The number of benzene rings is 1. The molecule has 1 aromatic carbocycles. The molecule has 2 rings (SSSR count). The van der Waals surface area contributed by atoms with E-state index in [4.69, 9.17) is 10.5 Å². The molecule has 2 N–H and O–H groups in total. The first-order valence-electron chi connectivity index (χ1n) is 6.47. The lowest BCUT2D eigenvalue weighted by Crippen LogP contribution is -2.08. The summed E-state index contributed by atoms with van der Waals surface area (Å²) in [4.78, 5) is 0. The van der Waals surface area contributed by atoms with Crippen LogP contribution in [-0.2, 0) is 0 Å². The van der Waals surface area contributed by atoms with Crippen molar-refractivity contribution in [1.82, 2.24) is 4.57 Å². The van der Waals surface area contributed by atoms with Gasteiger partial charge in [0.15, 0.2) is 0 Å². The summed E-state index contributed by atoms with van der Waals surface area (Å²) in [5.74, 6) is 1.27. The lowest BCUT2D eigenvalue weighted by Gasteiger charge is -2.09. The van der Waals surface area contributed by atoms with Crippen molar-refractivity contribution in [1.29, 1.82) is 0 Å². The number of hydrogen-bond acceptors (Lipinski definition) is 2. The van der Waals surface area contributed by atoms with Crippen LogP contribution in [0.4, 0.5) is 0 Å². The van der Waals surface area contributed by atoms with Crippen molar-refractivity contribution < 1.29 is 4.74 Å². The molecular formula is C15H22N2O. The molecular weight excluding hydrogens is 224 g/mol. The number of ether oxygens (including phenoxy) is 1.